The van der Waals surface area contributed by atoms with Crippen LogP contribution >= 0.6 is 22.0 Å². The normalized spacial score (nSPS) is 19.2. The van der Waals surface area contributed by atoms with E-state index in [2.05, 4.69) is 4.98 Å². The Morgan fingerprint density at radius 3 is 2.86 bits per heavy atom. The van der Waals surface area contributed by atoms with Crippen LogP contribution in [0.2, 0.25) is 0 Å². The van der Waals surface area contributed by atoms with Crippen LogP contribution in [-0.4, -0.2) is 43.1 Å². The second-order valence-electron chi connectivity index (χ2n) is 5.44. The Labute approximate surface area is 137 Å². The van der Waals surface area contributed by atoms with Crippen LogP contribution in [0.25, 0.3) is 10.2 Å². The summed E-state index contributed by atoms with van der Waals surface area (Å²) in [6.45, 7) is 1.02. The van der Waals surface area contributed by atoms with Gasteiger partial charge in [0.2, 0.25) is 15.0 Å². The van der Waals surface area contributed by atoms with E-state index in [-0.39, 0.29) is 24.0 Å². The van der Waals surface area contributed by atoms with Crippen molar-refractivity contribution in [3.05, 3.63) is 29.3 Å². The van der Waals surface area contributed by atoms with Crippen molar-refractivity contribution in [3.63, 3.8) is 0 Å². The highest BCUT2D eigenvalue weighted by Gasteiger charge is 2.32. The molecule has 2 aromatic rings. The lowest BCUT2D eigenvalue weighted by molar-refractivity contribution is -0.127. The standard InChI is InChI=1S/C14H15ClN2O3S2/c15-22(19,20)9-10-7-14(18)17(8-10)6-5-13-16-11-3-1-2-4-12(11)21-13/h1-4,10H,5-9H2. The minimum atomic E-state index is -3.56. The molecule has 1 saturated heterocycles. The van der Waals surface area contributed by atoms with E-state index in [0.29, 0.717) is 19.5 Å². The van der Waals surface area contributed by atoms with E-state index < -0.39 is 9.05 Å². The molecule has 118 valence electrons. The molecule has 0 N–H and O–H groups in total. The molecule has 1 aromatic carbocycles. The van der Waals surface area contributed by atoms with Gasteiger partial charge in [-0.2, -0.15) is 0 Å². The second kappa shape index (κ2) is 6.14. The van der Waals surface area contributed by atoms with E-state index in [1.807, 2.05) is 24.3 Å². The van der Waals surface area contributed by atoms with Gasteiger partial charge in [-0.1, -0.05) is 12.1 Å². The van der Waals surface area contributed by atoms with Gasteiger partial charge in [-0.25, -0.2) is 13.4 Å². The van der Waals surface area contributed by atoms with Gasteiger partial charge in [0, 0.05) is 42.5 Å². The predicted octanol–water partition coefficient (Wildman–Crippen LogP) is 2.26. The number of amides is 1. The molecule has 0 spiro atoms. The molecule has 1 aliphatic rings. The smallest absolute Gasteiger partial charge is 0.232 e. The molecule has 1 aliphatic heterocycles. The number of fused-ring (bicyclic) bond motifs is 1. The third-order valence-corrected chi connectivity index (χ3v) is 6.01. The number of carbonyl (C=O) groups is 1. The first-order valence-corrected chi connectivity index (χ1v) is 10.2. The summed E-state index contributed by atoms with van der Waals surface area (Å²) in [5.74, 6) is -0.352. The first kappa shape index (κ1) is 15.7. The number of aromatic nitrogens is 1. The quantitative estimate of drug-likeness (QED) is 0.769. The highest BCUT2D eigenvalue weighted by atomic mass is 35.7. The Morgan fingerprint density at radius 1 is 1.36 bits per heavy atom. The first-order valence-electron chi connectivity index (χ1n) is 6.95. The molecule has 1 aromatic heterocycles. The van der Waals surface area contributed by atoms with Gasteiger partial charge in [0.05, 0.1) is 21.0 Å². The van der Waals surface area contributed by atoms with Gasteiger partial charge in [-0.3, -0.25) is 4.79 Å². The Bertz CT molecular complexity index is 770. The molecule has 1 unspecified atom stereocenters. The number of halogens is 1. The molecule has 2 heterocycles. The third-order valence-electron chi connectivity index (χ3n) is 3.66. The van der Waals surface area contributed by atoms with Gasteiger partial charge >= 0.3 is 0 Å². The molecule has 1 fully saturated rings. The number of para-hydroxylation sites is 1. The van der Waals surface area contributed by atoms with E-state index in [4.69, 9.17) is 10.7 Å². The second-order valence-corrected chi connectivity index (χ2v) is 9.38. The summed E-state index contributed by atoms with van der Waals surface area (Å²) in [5.41, 5.74) is 0.973. The maximum Gasteiger partial charge on any atom is 0.232 e. The summed E-state index contributed by atoms with van der Waals surface area (Å²) in [7, 11) is 1.71. The van der Waals surface area contributed by atoms with Gasteiger partial charge in [0.1, 0.15) is 0 Å². The molecule has 0 saturated carbocycles. The van der Waals surface area contributed by atoms with Gasteiger partial charge in [-0.05, 0) is 12.1 Å². The minimum Gasteiger partial charge on any atom is -0.342 e. The molecule has 1 amide bonds. The fourth-order valence-corrected chi connectivity index (χ4v) is 5.00. The molecule has 0 radical (unpaired) electrons. The fourth-order valence-electron chi connectivity index (χ4n) is 2.72. The van der Waals surface area contributed by atoms with E-state index in [0.717, 1.165) is 15.2 Å². The molecule has 22 heavy (non-hydrogen) atoms. The molecular weight excluding hydrogens is 344 g/mol. The van der Waals surface area contributed by atoms with Crippen LogP contribution in [0.15, 0.2) is 24.3 Å². The van der Waals surface area contributed by atoms with Crippen LogP contribution in [0.4, 0.5) is 0 Å². The average Bonchev–Trinajstić information content (AvgIpc) is 2.97. The van der Waals surface area contributed by atoms with Crippen molar-refractivity contribution >= 4 is 47.2 Å². The summed E-state index contributed by atoms with van der Waals surface area (Å²) < 4.78 is 23.3. The Morgan fingerprint density at radius 2 is 2.14 bits per heavy atom. The SMILES string of the molecule is O=C1CC(CS(=O)(=O)Cl)CN1CCc1nc2ccccc2s1. The maximum absolute atomic E-state index is 11.9. The molecule has 1 atom stereocenters. The zero-order chi connectivity index (χ0) is 15.7. The number of carbonyl (C=O) groups excluding carboxylic acids is 1. The van der Waals surface area contributed by atoms with Crippen LogP contribution in [-0.2, 0) is 20.3 Å². The van der Waals surface area contributed by atoms with Crippen LogP contribution in [0.1, 0.15) is 11.4 Å². The van der Waals surface area contributed by atoms with Crippen molar-refractivity contribution in [2.75, 3.05) is 18.8 Å². The van der Waals surface area contributed by atoms with Crippen LogP contribution in [0.5, 0.6) is 0 Å². The first-order chi connectivity index (χ1) is 10.4. The molecule has 5 nitrogen and oxygen atoms in total. The number of benzene rings is 1. The number of nitrogens with zero attached hydrogens (tertiary/aromatic N) is 2. The topological polar surface area (TPSA) is 67.3 Å². The number of hydrogen-bond donors (Lipinski definition) is 0. The maximum atomic E-state index is 11.9. The molecule has 8 heteroatoms. The van der Waals surface area contributed by atoms with Crippen LogP contribution in [0, 0.1) is 5.92 Å². The van der Waals surface area contributed by atoms with Gasteiger partial charge in [0.15, 0.2) is 0 Å². The summed E-state index contributed by atoms with van der Waals surface area (Å²) in [4.78, 5) is 18.2. The van der Waals surface area contributed by atoms with Gasteiger partial charge in [0.25, 0.3) is 0 Å². The molecule has 0 aliphatic carbocycles. The number of hydrogen-bond acceptors (Lipinski definition) is 5. The van der Waals surface area contributed by atoms with Gasteiger partial charge < -0.3 is 4.90 Å². The van der Waals surface area contributed by atoms with Crippen molar-refractivity contribution in [1.82, 2.24) is 9.88 Å². The summed E-state index contributed by atoms with van der Waals surface area (Å²) in [6.07, 6.45) is 0.942. The van der Waals surface area contributed by atoms with E-state index in [1.54, 1.807) is 16.2 Å². The van der Waals surface area contributed by atoms with Crippen molar-refractivity contribution in [2.24, 2.45) is 5.92 Å². The number of rotatable bonds is 5. The van der Waals surface area contributed by atoms with E-state index >= 15 is 0 Å². The summed E-state index contributed by atoms with van der Waals surface area (Å²) in [5, 5.41) is 0.988. The Kier molecular flexibility index (Phi) is 4.38. The van der Waals surface area contributed by atoms with Crippen molar-refractivity contribution in [3.8, 4) is 0 Å². The zero-order valence-corrected chi connectivity index (χ0v) is 14.1. The zero-order valence-electron chi connectivity index (χ0n) is 11.7. The van der Waals surface area contributed by atoms with Crippen LogP contribution < -0.4 is 0 Å². The largest absolute Gasteiger partial charge is 0.342 e. The molecule has 0 bridgehead atoms. The highest BCUT2D eigenvalue weighted by molar-refractivity contribution is 8.13. The number of likely N-dealkylation sites (tertiary alicyclic amines) is 1. The fraction of sp³-hybridized carbons (Fsp3) is 0.429. The van der Waals surface area contributed by atoms with Crippen molar-refractivity contribution in [2.45, 2.75) is 12.8 Å². The summed E-state index contributed by atoms with van der Waals surface area (Å²) in [6, 6.07) is 7.93. The predicted molar refractivity (Wildman–Crippen MR) is 87.7 cm³/mol. The molecular formula is C14H15ClN2O3S2. The molecule has 3 rings (SSSR count). The van der Waals surface area contributed by atoms with Crippen molar-refractivity contribution in [1.29, 1.82) is 0 Å². The highest BCUT2D eigenvalue weighted by Crippen LogP contribution is 2.24. The lowest BCUT2D eigenvalue weighted by atomic mass is 10.1. The van der Waals surface area contributed by atoms with E-state index in [1.165, 1.54) is 0 Å². The average molecular weight is 359 g/mol. The van der Waals surface area contributed by atoms with Crippen molar-refractivity contribution < 1.29 is 13.2 Å². The van der Waals surface area contributed by atoms with Gasteiger partial charge in [-0.15, -0.1) is 11.3 Å². The van der Waals surface area contributed by atoms with Crippen LogP contribution in [0.3, 0.4) is 0 Å². The van der Waals surface area contributed by atoms with E-state index in [9.17, 15) is 13.2 Å². The monoisotopic (exact) mass is 358 g/mol. The Hall–Kier alpha value is -1.18. The lowest BCUT2D eigenvalue weighted by Crippen LogP contribution is -2.28. The minimum absolute atomic E-state index is 0.00794. The number of thiazole rings is 1. The summed E-state index contributed by atoms with van der Waals surface area (Å²) >= 11 is 1.63. The third kappa shape index (κ3) is 3.77. The lowest BCUT2D eigenvalue weighted by Gasteiger charge is -2.15. The Balaban J connectivity index is 1.60.